The van der Waals surface area contributed by atoms with Gasteiger partial charge in [0.05, 0.1) is 5.71 Å². The number of carbonyl (C=O) groups excluding carboxylic acids is 1. The Morgan fingerprint density at radius 3 is 1.41 bits per heavy atom. The first-order chi connectivity index (χ1) is 15.5. The molecule has 6 heteroatoms. The molecule has 1 aliphatic carbocycles. The van der Waals surface area contributed by atoms with E-state index in [4.69, 9.17) is 16.9 Å². The second-order valence-corrected chi connectivity index (χ2v) is 9.63. The molecular formula is C26H19N3OS2. The third kappa shape index (κ3) is 3.68. The SMILES string of the molecule is N=C1c2cccc(Sc3ccc(N)cc3)c2C(=O)c2c(Sc3ccc(N)cc3)cccc21. The smallest absolute Gasteiger partial charge is 0.196 e. The van der Waals surface area contributed by atoms with Crippen LogP contribution in [0.25, 0.3) is 0 Å². The minimum absolute atomic E-state index is 0.0527. The van der Waals surface area contributed by atoms with Crippen molar-refractivity contribution >= 4 is 46.4 Å². The van der Waals surface area contributed by atoms with Crippen LogP contribution in [-0.4, -0.2) is 11.5 Å². The zero-order valence-electron chi connectivity index (χ0n) is 17.0. The number of anilines is 2. The molecule has 32 heavy (non-hydrogen) atoms. The van der Waals surface area contributed by atoms with Gasteiger partial charge in [0.1, 0.15) is 0 Å². The lowest BCUT2D eigenvalue weighted by molar-refractivity contribution is 0.103. The zero-order valence-corrected chi connectivity index (χ0v) is 18.6. The number of nitrogens with one attached hydrogen (secondary N) is 1. The molecule has 0 atom stereocenters. The molecule has 0 aromatic heterocycles. The van der Waals surface area contributed by atoms with Crippen molar-refractivity contribution in [3.8, 4) is 0 Å². The Balaban J connectivity index is 1.59. The molecule has 0 fully saturated rings. The van der Waals surface area contributed by atoms with E-state index in [0.717, 1.165) is 19.6 Å². The maximum Gasteiger partial charge on any atom is 0.196 e. The first-order valence-electron chi connectivity index (χ1n) is 9.98. The number of carbonyl (C=O) groups is 1. The van der Waals surface area contributed by atoms with Gasteiger partial charge in [0, 0.05) is 53.2 Å². The van der Waals surface area contributed by atoms with E-state index in [1.165, 1.54) is 23.5 Å². The van der Waals surface area contributed by atoms with Crippen molar-refractivity contribution in [1.29, 1.82) is 5.41 Å². The molecule has 4 nitrogen and oxygen atoms in total. The summed E-state index contributed by atoms with van der Waals surface area (Å²) in [7, 11) is 0. The van der Waals surface area contributed by atoms with Crippen molar-refractivity contribution in [2.75, 3.05) is 11.5 Å². The van der Waals surface area contributed by atoms with Crippen LogP contribution in [0.5, 0.6) is 0 Å². The van der Waals surface area contributed by atoms with Crippen molar-refractivity contribution in [1.82, 2.24) is 0 Å². The number of nitrogens with two attached hydrogens (primary N) is 2. The minimum Gasteiger partial charge on any atom is -0.399 e. The second kappa shape index (κ2) is 8.22. The first-order valence-corrected chi connectivity index (χ1v) is 11.6. The number of fused-ring (bicyclic) bond motifs is 2. The maximum absolute atomic E-state index is 13.8. The highest BCUT2D eigenvalue weighted by molar-refractivity contribution is 7.99. The van der Waals surface area contributed by atoms with Gasteiger partial charge in [-0.05, 0) is 60.7 Å². The van der Waals surface area contributed by atoms with Crippen molar-refractivity contribution in [2.45, 2.75) is 19.6 Å². The summed E-state index contributed by atoms with van der Waals surface area (Å²) in [6.45, 7) is 0. The molecule has 0 aliphatic heterocycles. The van der Waals surface area contributed by atoms with Crippen LogP contribution in [0, 0.1) is 5.41 Å². The predicted octanol–water partition coefficient (Wildman–Crippen LogP) is 6.11. The zero-order chi connectivity index (χ0) is 22.2. The molecule has 156 valence electrons. The highest BCUT2D eigenvalue weighted by atomic mass is 32.2. The fourth-order valence-corrected chi connectivity index (χ4v) is 5.67. The van der Waals surface area contributed by atoms with Gasteiger partial charge in [0.2, 0.25) is 0 Å². The second-order valence-electron chi connectivity index (χ2n) is 7.40. The van der Waals surface area contributed by atoms with E-state index < -0.39 is 0 Å². The molecule has 0 spiro atoms. The van der Waals surface area contributed by atoms with E-state index >= 15 is 0 Å². The van der Waals surface area contributed by atoms with Gasteiger partial charge in [0.25, 0.3) is 0 Å². The van der Waals surface area contributed by atoms with Crippen LogP contribution < -0.4 is 11.5 Å². The Hall–Kier alpha value is -3.48. The molecule has 0 radical (unpaired) electrons. The fourth-order valence-electron chi connectivity index (χ4n) is 3.71. The van der Waals surface area contributed by atoms with E-state index in [1.54, 1.807) is 0 Å². The summed E-state index contributed by atoms with van der Waals surface area (Å²) in [5, 5.41) is 8.85. The lowest BCUT2D eigenvalue weighted by atomic mass is 9.83. The number of benzene rings is 4. The summed E-state index contributed by atoms with van der Waals surface area (Å²) >= 11 is 3.02. The summed E-state index contributed by atoms with van der Waals surface area (Å²) in [5.74, 6) is -0.0527. The molecule has 4 aromatic rings. The van der Waals surface area contributed by atoms with Gasteiger partial charge in [-0.3, -0.25) is 10.2 Å². The van der Waals surface area contributed by atoms with Crippen LogP contribution in [-0.2, 0) is 0 Å². The van der Waals surface area contributed by atoms with Crippen LogP contribution in [0.2, 0.25) is 0 Å². The van der Waals surface area contributed by atoms with Crippen molar-refractivity contribution in [3.05, 3.63) is 107 Å². The summed E-state index contributed by atoms with van der Waals surface area (Å²) in [6, 6.07) is 26.5. The third-order valence-corrected chi connectivity index (χ3v) is 7.40. The molecule has 5 N–H and O–H groups in total. The molecule has 0 saturated carbocycles. The Labute approximate surface area is 194 Å². The highest BCUT2D eigenvalue weighted by Crippen LogP contribution is 2.41. The van der Waals surface area contributed by atoms with Crippen LogP contribution in [0.1, 0.15) is 27.0 Å². The molecular weight excluding hydrogens is 434 g/mol. The number of hydrogen-bond donors (Lipinski definition) is 3. The number of nitrogen functional groups attached to an aromatic ring is 2. The average molecular weight is 454 g/mol. The minimum atomic E-state index is -0.0527. The van der Waals surface area contributed by atoms with Crippen LogP contribution in [0.4, 0.5) is 11.4 Å². The van der Waals surface area contributed by atoms with Gasteiger partial charge in [-0.1, -0.05) is 47.8 Å². The summed E-state index contributed by atoms with van der Waals surface area (Å²) < 4.78 is 0. The van der Waals surface area contributed by atoms with Crippen molar-refractivity contribution in [3.63, 3.8) is 0 Å². The summed E-state index contributed by atoms with van der Waals surface area (Å²) in [6.07, 6.45) is 0. The first kappa shape index (κ1) is 20.4. The van der Waals surface area contributed by atoms with Crippen LogP contribution >= 0.6 is 23.5 Å². The molecule has 0 saturated heterocycles. The largest absolute Gasteiger partial charge is 0.399 e. The maximum atomic E-state index is 13.8. The van der Waals surface area contributed by atoms with E-state index in [9.17, 15) is 4.79 Å². The quantitative estimate of drug-likeness (QED) is 0.285. The number of rotatable bonds is 4. The Bertz CT molecular complexity index is 1260. The monoisotopic (exact) mass is 453 g/mol. The van der Waals surface area contributed by atoms with Gasteiger partial charge in [0.15, 0.2) is 5.78 Å². The molecule has 0 bridgehead atoms. The van der Waals surface area contributed by atoms with Gasteiger partial charge in [-0.15, -0.1) is 0 Å². The lowest BCUT2D eigenvalue weighted by Crippen LogP contribution is -2.22. The van der Waals surface area contributed by atoms with Gasteiger partial charge < -0.3 is 11.5 Å². The van der Waals surface area contributed by atoms with Crippen molar-refractivity contribution in [2.24, 2.45) is 0 Å². The molecule has 1 aliphatic rings. The van der Waals surface area contributed by atoms with E-state index in [2.05, 4.69) is 0 Å². The summed E-state index contributed by atoms with van der Waals surface area (Å²) in [4.78, 5) is 17.5. The van der Waals surface area contributed by atoms with Crippen LogP contribution in [0.15, 0.2) is 105 Å². The van der Waals surface area contributed by atoms with Gasteiger partial charge in [-0.25, -0.2) is 0 Å². The van der Waals surface area contributed by atoms with E-state index in [1.807, 2.05) is 84.9 Å². The number of hydrogen-bond acceptors (Lipinski definition) is 6. The Kier molecular flexibility index (Phi) is 5.25. The lowest BCUT2D eigenvalue weighted by Gasteiger charge is -2.23. The standard InChI is InChI=1S/C26H19N3OS2/c27-15-7-11-17(12-8-15)31-21-5-1-3-19-23(21)26(30)24-20(25(19)29)4-2-6-22(24)32-18-13-9-16(28)10-14-18/h1-14,29H,27-28H2. The van der Waals surface area contributed by atoms with Gasteiger partial charge in [-0.2, -0.15) is 0 Å². The average Bonchev–Trinajstić information content (AvgIpc) is 2.80. The third-order valence-electron chi connectivity index (χ3n) is 5.26. The molecule has 0 unspecified atom stereocenters. The Morgan fingerprint density at radius 2 is 1.00 bits per heavy atom. The molecule has 4 aromatic carbocycles. The van der Waals surface area contributed by atoms with E-state index in [0.29, 0.717) is 39.3 Å². The molecule has 0 amide bonds. The fraction of sp³-hybridized carbons (Fsp3) is 0. The number of ketones is 1. The van der Waals surface area contributed by atoms with E-state index in [-0.39, 0.29) is 5.78 Å². The highest BCUT2D eigenvalue weighted by Gasteiger charge is 2.31. The van der Waals surface area contributed by atoms with Crippen molar-refractivity contribution < 1.29 is 4.79 Å². The molecule has 5 rings (SSSR count). The Morgan fingerprint density at radius 1 is 0.594 bits per heavy atom. The molecule has 0 heterocycles. The normalized spacial score (nSPS) is 12.4. The van der Waals surface area contributed by atoms with Gasteiger partial charge >= 0.3 is 0 Å². The predicted molar refractivity (Wildman–Crippen MR) is 132 cm³/mol. The van der Waals surface area contributed by atoms with Crippen LogP contribution in [0.3, 0.4) is 0 Å². The summed E-state index contributed by atoms with van der Waals surface area (Å²) in [5.41, 5.74) is 15.9. The topological polar surface area (TPSA) is 93.0 Å².